The Morgan fingerprint density at radius 1 is 1.36 bits per heavy atom. The Hall–Kier alpha value is -1.92. The molecule has 0 aliphatic heterocycles. The van der Waals surface area contributed by atoms with Crippen molar-refractivity contribution in [3.8, 4) is 0 Å². The van der Waals surface area contributed by atoms with Crippen LogP contribution >= 0.6 is 0 Å². The molecule has 0 amide bonds. The monoisotopic (exact) mass is 349 g/mol. The van der Waals surface area contributed by atoms with Crippen LogP contribution in [0.3, 0.4) is 0 Å². The lowest BCUT2D eigenvalue weighted by atomic mass is 9.66. The second-order valence-corrected chi connectivity index (χ2v) is 6.44. The highest BCUT2D eigenvalue weighted by Gasteiger charge is 2.53. The van der Waals surface area contributed by atoms with Gasteiger partial charge in [-0.3, -0.25) is 9.59 Å². The van der Waals surface area contributed by atoms with E-state index >= 15 is 0 Å². The van der Waals surface area contributed by atoms with Crippen molar-refractivity contribution in [2.45, 2.75) is 38.1 Å². The predicted molar refractivity (Wildman–Crippen MR) is 93.5 cm³/mol. The number of aliphatic carboxylic acids is 1. The zero-order valence-electron chi connectivity index (χ0n) is 15.1. The zero-order chi connectivity index (χ0) is 18.4. The molecule has 2 unspecified atom stereocenters. The Kier molecular flexibility index (Phi) is 6.56. The number of rotatable bonds is 9. The molecule has 0 saturated carbocycles. The van der Waals surface area contributed by atoms with E-state index in [9.17, 15) is 14.7 Å². The van der Waals surface area contributed by atoms with Crippen LogP contribution in [0.25, 0.3) is 0 Å². The summed E-state index contributed by atoms with van der Waals surface area (Å²) in [6, 6.07) is 7.88. The molecule has 0 saturated heterocycles. The Morgan fingerprint density at radius 2 is 2.08 bits per heavy atom. The van der Waals surface area contributed by atoms with Gasteiger partial charge >= 0.3 is 11.9 Å². The van der Waals surface area contributed by atoms with Crippen molar-refractivity contribution in [3.05, 3.63) is 35.4 Å². The summed E-state index contributed by atoms with van der Waals surface area (Å²) in [6.07, 6.45) is 0.769. The van der Waals surface area contributed by atoms with Crippen molar-refractivity contribution < 1.29 is 24.2 Å². The number of esters is 1. The Labute approximate surface area is 148 Å². The van der Waals surface area contributed by atoms with E-state index in [0.29, 0.717) is 19.6 Å². The van der Waals surface area contributed by atoms with Gasteiger partial charge in [0.15, 0.2) is 0 Å². The highest BCUT2D eigenvalue weighted by atomic mass is 16.5. The standard InChI is InChI=1S/C19H27NO5/c1-4-25-10-9-19(12-16(21)22,18(23)24-3)17-14-8-6-5-7-13(14)11-15(17)20-2/h5-8,15,17,20H,4,9-12H2,1-3H3,(H,21,22)/t15?,17-,19?/m1/s1. The van der Waals surface area contributed by atoms with Crippen molar-refractivity contribution in [2.75, 3.05) is 27.4 Å². The molecule has 6 nitrogen and oxygen atoms in total. The second kappa shape index (κ2) is 8.45. The quantitative estimate of drug-likeness (QED) is 0.524. The molecule has 0 radical (unpaired) electrons. The number of carbonyl (C=O) groups is 2. The molecular formula is C19H27NO5. The van der Waals surface area contributed by atoms with E-state index in [0.717, 1.165) is 17.5 Å². The number of hydrogen-bond acceptors (Lipinski definition) is 5. The topological polar surface area (TPSA) is 84.9 Å². The fourth-order valence-electron chi connectivity index (χ4n) is 4.07. The molecule has 1 aliphatic carbocycles. The number of hydrogen-bond donors (Lipinski definition) is 2. The highest BCUT2D eigenvalue weighted by Crippen LogP contribution is 2.50. The van der Waals surface area contributed by atoms with Crippen LogP contribution in [0.2, 0.25) is 0 Å². The van der Waals surface area contributed by atoms with Crippen molar-refractivity contribution in [1.29, 1.82) is 0 Å². The number of carboxylic acids is 1. The van der Waals surface area contributed by atoms with Gasteiger partial charge in [0.25, 0.3) is 0 Å². The normalized spacial score (nSPS) is 21.4. The molecule has 1 aromatic carbocycles. The summed E-state index contributed by atoms with van der Waals surface area (Å²) in [4.78, 5) is 24.5. The largest absolute Gasteiger partial charge is 0.481 e. The molecular weight excluding hydrogens is 322 g/mol. The van der Waals surface area contributed by atoms with Crippen molar-refractivity contribution in [2.24, 2.45) is 5.41 Å². The number of carboxylic acid groups (broad SMARTS) is 1. The van der Waals surface area contributed by atoms with Crippen LogP contribution in [0.4, 0.5) is 0 Å². The summed E-state index contributed by atoms with van der Waals surface area (Å²) in [7, 11) is 3.16. The summed E-state index contributed by atoms with van der Waals surface area (Å²) in [5, 5.41) is 12.8. The molecule has 2 N–H and O–H groups in total. The first-order chi connectivity index (χ1) is 12.0. The molecule has 1 aromatic rings. The fourth-order valence-corrected chi connectivity index (χ4v) is 4.07. The average molecular weight is 349 g/mol. The van der Waals surface area contributed by atoms with Crippen molar-refractivity contribution in [1.82, 2.24) is 5.32 Å². The molecule has 138 valence electrons. The summed E-state index contributed by atoms with van der Waals surface area (Å²) < 4.78 is 10.5. The minimum atomic E-state index is -1.17. The van der Waals surface area contributed by atoms with E-state index in [1.807, 2.05) is 38.2 Å². The van der Waals surface area contributed by atoms with Gasteiger partial charge < -0.3 is 19.9 Å². The highest BCUT2D eigenvalue weighted by molar-refractivity contribution is 5.84. The lowest BCUT2D eigenvalue weighted by Gasteiger charge is -2.39. The Morgan fingerprint density at radius 3 is 2.68 bits per heavy atom. The molecule has 6 heteroatoms. The van der Waals surface area contributed by atoms with Gasteiger partial charge in [-0.25, -0.2) is 0 Å². The maximum Gasteiger partial charge on any atom is 0.313 e. The SMILES string of the molecule is CCOCCC(CC(=O)O)(C(=O)OC)[C@@H]1c2ccccc2CC1NC. The maximum absolute atomic E-state index is 12.9. The number of benzene rings is 1. The molecule has 0 spiro atoms. The van der Waals surface area contributed by atoms with Gasteiger partial charge in [-0.05, 0) is 37.9 Å². The van der Waals surface area contributed by atoms with Gasteiger partial charge in [0.2, 0.25) is 0 Å². The minimum absolute atomic E-state index is 0.0301. The van der Waals surface area contributed by atoms with Crippen LogP contribution < -0.4 is 5.32 Å². The molecule has 0 fully saturated rings. The molecule has 0 heterocycles. The van der Waals surface area contributed by atoms with Crippen molar-refractivity contribution in [3.63, 3.8) is 0 Å². The average Bonchev–Trinajstić information content (AvgIpc) is 2.99. The molecule has 0 bridgehead atoms. The molecule has 3 atom stereocenters. The van der Waals surface area contributed by atoms with Crippen LogP contribution in [0.15, 0.2) is 24.3 Å². The van der Waals surface area contributed by atoms with Crippen LogP contribution in [-0.4, -0.2) is 50.5 Å². The fraction of sp³-hybridized carbons (Fsp3) is 0.579. The zero-order valence-corrected chi connectivity index (χ0v) is 15.1. The summed E-state index contributed by atoms with van der Waals surface area (Å²) >= 11 is 0. The van der Waals surface area contributed by atoms with Crippen LogP contribution in [0, 0.1) is 5.41 Å². The number of nitrogens with one attached hydrogen (secondary N) is 1. The Balaban J connectivity index is 2.54. The van der Waals surface area contributed by atoms with Gasteiger partial charge in [-0.2, -0.15) is 0 Å². The molecule has 0 aromatic heterocycles. The predicted octanol–water partition coefficient (Wildman–Crippen LogP) is 1.98. The third-order valence-corrected chi connectivity index (χ3v) is 5.15. The first-order valence-corrected chi connectivity index (χ1v) is 8.63. The Bertz CT molecular complexity index is 618. The molecule has 25 heavy (non-hydrogen) atoms. The number of carbonyl (C=O) groups excluding carboxylic acids is 1. The maximum atomic E-state index is 12.9. The summed E-state index contributed by atoms with van der Waals surface area (Å²) in [6.45, 7) is 2.70. The van der Waals surface area contributed by atoms with Gasteiger partial charge in [0.1, 0.15) is 0 Å². The van der Waals surface area contributed by atoms with E-state index in [2.05, 4.69) is 5.32 Å². The van der Waals surface area contributed by atoms with Gasteiger partial charge in [-0.1, -0.05) is 24.3 Å². The van der Waals surface area contributed by atoms with Crippen molar-refractivity contribution >= 4 is 11.9 Å². The summed E-state index contributed by atoms with van der Waals surface area (Å²) in [5.74, 6) is -1.78. The first-order valence-electron chi connectivity index (χ1n) is 8.63. The van der Waals surface area contributed by atoms with Gasteiger partial charge in [0, 0.05) is 25.2 Å². The third kappa shape index (κ3) is 3.85. The van der Waals surface area contributed by atoms with E-state index in [-0.39, 0.29) is 18.4 Å². The summed E-state index contributed by atoms with van der Waals surface area (Å²) in [5.41, 5.74) is 0.989. The van der Waals surface area contributed by atoms with Crippen LogP contribution in [0.1, 0.15) is 36.8 Å². The number of methoxy groups -OCH3 is 1. The smallest absolute Gasteiger partial charge is 0.313 e. The lowest BCUT2D eigenvalue weighted by molar-refractivity contribution is -0.162. The third-order valence-electron chi connectivity index (χ3n) is 5.15. The first kappa shape index (κ1) is 19.4. The number of fused-ring (bicyclic) bond motifs is 1. The lowest BCUT2D eigenvalue weighted by Crippen LogP contribution is -2.47. The van der Waals surface area contributed by atoms with Gasteiger partial charge in [-0.15, -0.1) is 0 Å². The van der Waals surface area contributed by atoms with E-state index in [4.69, 9.17) is 9.47 Å². The molecule has 1 aliphatic rings. The molecule has 2 rings (SSSR count). The number of likely N-dealkylation sites (N-methyl/N-ethyl adjacent to an activating group) is 1. The van der Waals surface area contributed by atoms with E-state index < -0.39 is 17.4 Å². The van der Waals surface area contributed by atoms with E-state index in [1.54, 1.807) is 0 Å². The van der Waals surface area contributed by atoms with Crippen LogP contribution in [-0.2, 0) is 25.5 Å². The minimum Gasteiger partial charge on any atom is -0.481 e. The second-order valence-electron chi connectivity index (χ2n) is 6.44. The van der Waals surface area contributed by atoms with E-state index in [1.165, 1.54) is 7.11 Å². The van der Waals surface area contributed by atoms with Crippen LogP contribution in [0.5, 0.6) is 0 Å². The number of ether oxygens (including phenoxy) is 2. The van der Waals surface area contributed by atoms with Gasteiger partial charge in [0.05, 0.1) is 18.9 Å².